The lowest BCUT2D eigenvalue weighted by atomic mass is 9.93. The van der Waals surface area contributed by atoms with Gasteiger partial charge in [0.25, 0.3) is 0 Å². The molecule has 1 rings (SSSR count). The largest absolute Gasteiger partial charge is 0.289 e. The summed E-state index contributed by atoms with van der Waals surface area (Å²) in [4.78, 5) is 8.62. The van der Waals surface area contributed by atoms with Crippen LogP contribution in [0.2, 0.25) is 0 Å². The summed E-state index contributed by atoms with van der Waals surface area (Å²) in [5.41, 5.74) is 1.17. The molecule has 2 nitrogen and oxygen atoms in total. The van der Waals surface area contributed by atoms with Gasteiger partial charge in [-0.1, -0.05) is 20.8 Å². The van der Waals surface area contributed by atoms with Gasteiger partial charge in [-0.3, -0.25) is 9.98 Å². The van der Waals surface area contributed by atoms with E-state index >= 15 is 0 Å². The molecule has 1 aliphatic rings. The van der Waals surface area contributed by atoms with Gasteiger partial charge < -0.3 is 0 Å². The molecule has 11 heavy (non-hydrogen) atoms. The fourth-order valence-corrected chi connectivity index (χ4v) is 1.04. The quantitative estimate of drug-likeness (QED) is 0.576. The van der Waals surface area contributed by atoms with Crippen molar-refractivity contribution in [1.29, 1.82) is 0 Å². The van der Waals surface area contributed by atoms with Gasteiger partial charge in [-0.05, 0) is 5.92 Å². The maximum Gasteiger partial charge on any atom is 0.0589 e. The highest BCUT2D eigenvalue weighted by atomic mass is 14.9. The summed E-state index contributed by atoms with van der Waals surface area (Å²) in [6, 6.07) is 0. The van der Waals surface area contributed by atoms with Crippen LogP contribution in [0.15, 0.2) is 9.98 Å². The van der Waals surface area contributed by atoms with E-state index in [0.717, 1.165) is 13.1 Å². The van der Waals surface area contributed by atoms with E-state index in [9.17, 15) is 0 Å². The highest BCUT2D eigenvalue weighted by Crippen LogP contribution is 2.11. The predicted molar refractivity (Wildman–Crippen MR) is 49.7 cm³/mol. The summed E-state index contributed by atoms with van der Waals surface area (Å²) in [5.74, 6) is 1.22. The monoisotopic (exact) mass is 152 g/mol. The van der Waals surface area contributed by atoms with Crippen LogP contribution in [0.5, 0.6) is 0 Å². The van der Waals surface area contributed by atoms with E-state index in [1.165, 1.54) is 5.71 Å². The average molecular weight is 152 g/mol. The molecule has 0 saturated carbocycles. The first kappa shape index (κ1) is 8.44. The molecule has 0 aromatic heterocycles. The lowest BCUT2D eigenvalue weighted by Gasteiger charge is -2.16. The number of rotatable bonds is 2. The molecule has 1 heterocycles. The highest BCUT2D eigenvalue weighted by molar-refractivity contribution is 6.31. The first-order valence-electron chi connectivity index (χ1n) is 4.26. The summed E-state index contributed by atoms with van der Waals surface area (Å²) < 4.78 is 0. The Morgan fingerprint density at radius 3 is 2.45 bits per heavy atom. The Labute approximate surface area is 68.4 Å². The minimum absolute atomic E-state index is 0.555. The number of aliphatic imine (C=N–C) groups is 2. The van der Waals surface area contributed by atoms with E-state index in [2.05, 4.69) is 30.8 Å². The first-order chi connectivity index (χ1) is 5.22. The van der Waals surface area contributed by atoms with Crippen molar-refractivity contribution < 1.29 is 0 Å². The molecule has 2 heteroatoms. The lowest BCUT2D eigenvalue weighted by molar-refractivity contribution is 0.534. The summed E-state index contributed by atoms with van der Waals surface area (Å²) in [6.07, 6.45) is 1.92. The minimum Gasteiger partial charge on any atom is -0.289 e. The van der Waals surface area contributed by atoms with Gasteiger partial charge in [-0.2, -0.15) is 0 Å². The van der Waals surface area contributed by atoms with Gasteiger partial charge >= 0.3 is 0 Å². The minimum atomic E-state index is 0.555. The molecule has 0 radical (unpaired) electrons. The van der Waals surface area contributed by atoms with Gasteiger partial charge in [-0.25, -0.2) is 0 Å². The first-order valence-corrected chi connectivity index (χ1v) is 4.26. The molecule has 0 saturated heterocycles. The highest BCUT2D eigenvalue weighted by Gasteiger charge is 2.13. The van der Waals surface area contributed by atoms with Crippen LogP contribution >= 0.6 is 0 Å². The van der Waals surface area contributed by atoms with Crippen LogP contribution in [-0.2, 0) is 0 Å². The van der Waals surface area contributed by atoms with Crippen molar-refractivity contribution in [3.05, 3.63) is 0 Å². The molecule has 0 spiro atoms. The molecule has 0 aliphatic carbocycles. The van der Waals surface area contributed by atoms with Crippen LogP contribution in [-0.4, -0.2) is 25.0 Å². The van der Waals surface area contributed by atoms with E-state index in [0.29, 0.717) is 11.8 Å². The molecule has 1 atom stereocenters. The summed E-state index contributed by atoms with van der Waals surface area (Å²) in [5, 5.41) is 0. The average Bonchev–Trinajstić information content (AvgIpc) is 2.05. The molecule has 0 aromatic carbocycles. The van der Waals surface area contributed by atoms with E-state index in [-0.39, 0.29) is 0 Å². The zero-order valence-electron chi connectivity index (χ0n) is 7.54. The van der Waals surface area contributed by atoms with E-state index in [1.54, 1.807) is 0 Å². The van der Waals surface area contributed by atoms with Crippen LogP contribution in [0, 0.1) is 11.8 Å². The van der Waals surface area contributed by atoms with Crippen molar-refractivity contribution in [3.8, 4) is 0 Å². The number of hydrogen-bond donors (Lipinski definition) is 0. The van der Waals surface area contributed by atoms with Crippen LogP contribution in [0.25, 0.3) is 0 Å². The third-order valence-corrected chi connectivity index (χ3v) is 2.21. The Balaban J connectivity index is 2.59. The predicted octanol–water partition coefficient (Wildman–Crippen LogP) is 1.80. The molecular formula is C9H16N2. The van der Waals surface area contributed by atoms with E-state index in [4.69, 9.17) is 0 Å². The second-order valence-corrected chi connectivity index (χ2v) is 3.37. The third kappa shape index (κ3) is 2.14. The van der Waals surface area contributed by atoms with Gasteiger partial charge in [0, 0.05) is 12.1 Å². The van der Waals surface area contributed by atoms with Crippen molar-refractivity contribution in [3.63, 3.8) is 0 Å². The summed E-state index contributed by atoms with van der Waals surface area (Å²) in [6.45, 7) is 8.39. The Morgan fingerprint density at radius 2 is 2.00 bits per heavy atom. The molecule has 1 unspecified atom stereocenters. The third-order valence-electron chi connectivity index (χ3n) is 2.21. The zero-order valence-corrected chi connectivity index (χ0v) is 7.54. The SMILES string of the molecule is CC(C)C(C)C1=NCCN=C1. The standard InChI is InChI=1S/C9H16N2/c1-7(2)8(3)9-6-10-4-5-11-9/h6-8H,4-5H2,1-3H3. The normalized spacial score (nSPS) is 20.2. The van der Waals surface area contributed by atoms with Crippen LogP contribution < -0.4 is 0 Å². The van der Waals surface area contributed by atoms with E-state index < -0.39 is 0 Å². The topological polar surface area (TPSA) is 24.7 Å². The lowest BCUT2D eigenvalue weighted by Crippen LogP contribution is -2.21. The maximum absolute atomic E-state index is 4.42. The fourth-order valence-electron chi connectivity index (χ4n) is 1.04. The Bertz CT molecular complexity index is 180. The molecule has 0 fully saturated rings. The second kappa shape index (κ2) is 3.65. The van der Waals surface area contributed by atoms with Gasteiger partial charge in [0.2, 0.25) is 0 Å². The molecule has 0 amide bonds. The molecule has 0 aromatic rings. The van der Waals surface area contributed by atoms with Crippen LogP contribution in [0.4, 0.5) is 0 Å². The van der Waals surface area contributed by atoms with Crippen molar-refractivity contribution in [2.45, 2.75) is 20.8 Å². The molecular weight excluding hydrogens is 136 g/mol. The molecule has 62 valence electrons. The van der Waals surface area contributed by atoms with E-state index in [1.807, 2.05) is 6.21 Å². The van der Waals surface area contributed by atoms with Crippen molar-refractivity contribution in [1.82, 2.24) is 0 Å². The van der Waals surface area contributed by atoms with Crippen molar-refractivity contribution >= 4 is 11.9 Å². The van der Waals surface area contributed by atoms with Gasteiger partial charge in [0.15, 0.2) is 0 Å². The molecule has 1 aliphatic heterocycles. The molecule has 0 bridgehead atoms. The Kier molecular flexibility index (Phi) is 2.80. The van der Waals surface area contributed by atoms with Gasteiger partial charge in [0.1, 0.15) is 0 Å². The smallest absolute Gasteiger partial charge is 0.0589 e. The summed E-state index contributed by atoms with van der Waals surface area (Å²) >= 11 is 0. The second-order valence-electron chi connectivity index (χ2n) is 3.37. The summed E-state index contributed by atoms with van der Waals surface area (Å²) in [7, 11) is 0. The van der Waals surface area contributed by atoms with Gasteiger partial charge in [-0.15, -0.1) is 0 Å². The van der Waals surface area contributed by atoms with Crippen LogP contribution in [0.3, 0.4) is 0 Å². The Hall–Kier alpha value is -0.660. The van der Waals surface area contributed by atoms with Crippen molar-refractivity contribution in [2.24, 2.45) is 21.8 Å². The van der Waals surface area contributed by atoms with Crippen molar-refractivity contribution in [2.75, 3.05) is 13.1 Å². The van der Waals surface area contributed by atoms with Gasteiger partial charge in [0.05, 0.1) is 18.8 Å². The zero-order chi connectivity index (χ0) is 8.27. The molecule has 0 N–H and O–H groups in total. The fraction of sp³-hybridized carbons (Fsp3) is 0.778. The Morgan fingerprint density at radius 1 is 1.27 bits per heavy atom. The number of nitrogens with zero attached hydrogens (tertiary/aromatic N) is 2. The van der Waals surface area contributed by atoms with Crippen LogP contribution in [0.1, 0.15) is 20.8 Å². The maximum atomic E-state index is 4.42. The number of hydrogen-bond acceptors (Lipinski definition) is 2.